The van der Waals surface area contributed by atoms with Gasteiger partial charge in [-0.3, -0.25) is 0 Å². The van der Waals surface area contributed by atoms with E-state index in [1.165, 1.54) is 0 Å². The van der Waals surface area contributed by atoms with Gasteiger partial charge in [0.1, 0.15) is 5.58 Å². The van der Waals surface area contributed by atoms with E-state index in [0.717, 1.165) is 10.9 Å². The van der Waals surface area contributed by atoms with E-state index in [-0.39, 0.29) is 5.63 Å². The second kappa shape index (κ2) is 2.87. The van der Waals surface area contributed by atoms with Crippen molar-refractivity contribution in [1.82, 2.24) is 0 Å². The van der Waals surface area contributed by atoms with Crippen molar-refractivity contribution in [2.75, 3.05) is 5.73 Å². The number of nitrogens with two attached hydrogens (primary N) is 1. The first kappa shape index (κ1) is 8.81. The standard InChI is InChI=1S/C11H11NO2/c1-6-4-10-8(5-9(6)12)3-7(2)11(13)14-10/h3-5H,12H2,1-2H3. The molecule has 1 aromatic heterocycles. The van der Waals surface area contributed by atoms with Crippen LogP contribution < -0.4 is 11.4 Å². The largest absolute Gasteiger partial charge is 0.423 e. The van der Waals surface area contributed by atoms with Crippen LogP contribution in [0.1, 0.15) is 11.1 Å². The fraction of sp³-hybridized carbons (Fsp3) is 0.182. The Morgan fingerprint density at radius 3 is 2.57 bits per heavy atom. The summed E-state index contributed by atoms with van der Waals surface area (Å²) < 4.78 is 5.12. The first-order chi connectivity index (χ1) is 6.58. The van der Waals surface area contributed by atoms with Crippen LogP contribution >= 0.6 is 0 Å². The number of aryl methyl sites for hydroxylation is 2. The minimum Gasteiger partial charge on any atom is -0.423 e. The van der Waals surface area contributed by atoms with Crippen LogP contribution in [0.4, 0.5) is 5.69 Å². The highest BCUT2D eigenvalue weighted by atomic mass is 16.4. The second-order valence-corrected chi connectivity index (χ2v) is 3.46. The smallest absolute Gasteiger partial charge is 0.339 e. The van der Waals surface area contributed by atoms with E-state index in [1.807, 2.05) is 13.0 Å². The van der Waals surface area contributed by atoms with Crippen LogP contribution in [0.2, 0.25) is 0 Å². The zero-order chi connectivity index (χ0) is 10.3. The van der Waals surface area contributed by atoms with Crippen molar-refractivity contribution in [2.24, 2.45) is 0 Å². The van der Waals surface area contributed by atoms with Gasteiger partial charge in [-0.15, -0.1) is 0 Å². The molecule has 0 unspecified atom stereocenters. The molecular weight excluding hydrogens is 178 g/mol. The Hall–Kier alpha value is -1.77. The molecule has 2 aromatic rings. The van der Waals surface area contributed by atoms with E-state index in [9.17, 15) is 4.79 Å². The number of hydrogen-bond acceptors (Lipinski definition) is 3. The Labute approximate surface area is 81.1 Å². The average molecular weight is 189 g/mol. The van der Waals surface area contributed by atoms with Gasteiger partial charge in [0, 0.05) is 16.6 Å². The fourth-order valence-electron chi connectivity index (χ4n) is 1.39. The molecule has 1 heterocycles. The first-order valence-corrected chi connectivity index (χ1v) is 4.38. The Morgan fingerprint density at radius 2 is 1.86 bits per heavy atom. The molecule has 72 valence electrons. The van der Waals surface area contributed by atoms with Crippen LogP contribution in [0.3, 0.4) is 0 Å². The van der Waals surface area contributed by atoms with E-state index >= 15 is 0 Å². The van der Waals surface area contributed by atoms with Gasteiger partial charge in [-0.1, -0.05) is 0 Å². The van der Waals surface area contributed by atoms with Crippen molar-refractivity contribution in [2.45, 2.75) is 13.8 Å². The maximum absolute atomic E-state index is 11.2. The zero-order valence-electron chi connectivity index (χ0n) is 8.13. The molecule has 0 radical (unpaired) electrons. The molecule has 0 spiro atoms. The molecule has 0 aliphatic rings. The van der Waals surface area contributed by atoms with Crippen LogP contribution in [0.15, 0.2) is 27.4 Å². The van der Waals surface area contributed by atoms with Gasteiger partial charge >= 0.3 is 5.63 Å². The molecule has 0 amide bonds. The first-order valence-electron chi connectivity index (χ1n) is 4.38. The Balaban J connectivity index is 2.90. The minimum absolute atomic E-state index is 0.290. The highest BCUT2D eigenvalue weighted by molar-refractivity contribution is 5.82. The van der Waals surface area contributed by atoms with E-state index in [1.54, 1.807) is 19.1 Å². The lowest BCUT2D eigenvalue weighted by Gasteiger charge is -2.02. The summed E-state index contributed by atoms with van der Waals surface area (Å²) >= 11 is 0. The summed E-state index contributed by atoms with van der Waals surface area (Å²) in [5, 5.41) is 0.866. The number of benzene rings is 1. The number of hydrogen-bond donors (Lipinski definition) is 1. The van der Waals surface area contributed by atoms with Gasteiger partial charge in [-0.25, -0.2) is 4.79 Å². The minimum atomic E-state index is -0.290. The summed E-state index contributed by atoms with van der Waals surface area (Å²) in [5.41, 5.74) is 8.29. The third-order valence-electron chi connectivity index (χ3n) is 2.30. The van der Waals surface area contributed by atoms with Gasteiger partial charge < -0.3 is 10.2 Å². The molecule has 3 nitrogen and oxygen atoms in total. The van der Waals surface area contributed by atoms with Gasteiger partial charge in [0.15, 0.2) is 0 Å². The van der Waals surface area contributed by atoms with Gasteiger partial charge in [0.25, 0.3) is 0 Å². The van der Waals surface area contributed by atoms with E-state index < -0.39 is 0 Å². The highest BCUT2D eigenvalue weighted by Gasteiger charge is 2.03. The highest BCUT2D eigenvalue weighted by Crippen LogP contribution is 2.20. The summed E-state index contributed by atoms with van der Waals surface area (Å²) in [7, 11) is 0. The van der Waals surface area contributed by atoms with Gasteiger partial charge in [-0.05, 0) is 37.6 Å². The van der Waals surface area contributed by atoms with Crippen molar-refractivity contribution in [1.29, 1.82) is 0 Å². The van der Waals surface area contributed by atoms with Crippen molar-refractivity contribution in [3.8, 4) is 0 Å². The molecule has 2 N–H and O–H groups in total. The third-order valence-corrected chi connectivity index (χ3v) is 2.30. The summed E-state index contributed by atoms with van der Waals surface area (Å²) in [6.07, 6.45) is 0. The second-order valence-electron chi connectivity index (χ2n) is 3.46. The van der Waals surface area contributed by atoms with Gasteiger partial charge in [-0.2, -0.15) is 0 Å². The predicted octanol–water partition coefficient (Wildman–Crippen LogP) is 1.99. The molecular formula is C11H11NO2. The Morgan fingerprint density at radius 1 is 1.14 bits per heavy atom. The number of anilines is 1. The molecule has 0 bridgehead atoms. The Kier molecular flexibility index (Phi) is 1.81. The van der Waals surface area contributed by atoms with E-state index in [4.69, 9.17) is 10.2 Å². The maximum Gasteiger partial charge on any atom is 0.339 e. The van der Waals surface area contributed by atoms with Crippen molar-refractivity contribution in [3.63, 3.8) is 0 Å². The molecule has 14 heavy (non-hydrogen) atoms. The summed E-state index contributed by atoms with van der Waals surface area (Å²) in [6, 6.07) is 5.39. The lowest BCUT2D eigenvalue weighted by Crippen LogP contribution is -2.02. The molecule has 1 aromatic carbocycles. The quantitative estimate of drug-likeness (QED) is 0.509. The summed E-state index contributed by atoms with van der Waals surface area (Å²) in [4.78, 5) is 11.2. The molecule has 2 rings (SSSR count). The molecule has 0 saturated heterocycles. The fourth-order valence-corrected chi connectivity index (χ4v) is 1.39. The zero-order valence-corrected chi connectivity index (χ0v) is 8.13. The van der Waals surface area contributed by atoms with Crippen molar-refractivity contribution in [3.05, 3.63) is 39.7 Å². The van der Waals surface area contributed by atoms with E-state index in [0.29, 0.717) is 16.8 Å². The monoisotopic (exact) mass is 189 g/mol. The lowest BCUT2D eigenvalue weighted by molar-refractivity contribution is 0.555. The molecule has 0 aliphatic heterocycles. The average Bonchev–Trinajstić information content (AvgIpc) is 2.11. The summed E-state index contributed by atoms with van der Waals surface area (Å²) in [6.45, 7) is 3.61. The SMILES string of the molecule is Cc1cc2oc(=O)c(C)cc2cc1N. The molecule has 3 heteroatoms. The maximum atomic E-state index is 11.2. The van der Waals surface area contributed by atoms with Crippen LogP contribution in [0.25, 0.3) is 11.0 Å². The molecule has 0 aliphatic carbocycles. The van der Waals surface area contributed by atoms with Crippen LogP contribution in [-0.4, -0.2) is 0 Å². The van der Waals surface area contributed by atoms with Gasteiger partial charge in [0.2, 0.25) is 0 Å². The predicted molar refractivity (Wildman–Crippen MR) is 56.4 cm³/mol. The van der Waals surface area contributed by atoms with Crippen LogP contribution in [0, 0.1) is 13.8 Å². The van der Waals surface area contributed by atoms with Gasteiger partial charge in [0.05, 0.1) is 0 Å². The normalized spacial score (nSPS) is 10.7. The van der Waals surface area contributed by atoms with Crippen LogP contribution in [0.5, 0.6) is 0 Å². The molecule has 0 atom stereocenters. The van der Waals surface area contributed by atoms with Crippen LogP contribution in [-0.2, 0) is 0 Å². The lowest BCUT2D eigenvalue weighted by atomic mass is 10.1. The third kappa shape index (κ3) is 1.27. The topological polar surface area (TPSA) is 56.2 Å². The van der Waals surface area contributed by atoms with E-state index in [2.05, 4.69) is 0 Å². The van der Waals surface area contributed by atoms with Crippen molar-refractivity contribution >= 4 is 16.7 Å². The number of rotatable bonds is 0. The Bertz CT molecular complexity index is 555. The molecule has 0 saturated carbocycles. The number of nitrogen functional groups attached to an aromatic ring is 1. The summed E-state index contributed by atoms with van der Waals surface area (Å²) in [5.74, 6) is 0. The molecule has 0 fully saturated rings. The number of fused-ring (bicyclic) bond motifs is 1. The van der Waals surface area contributed by atoms with Crippen molar-refractivity contribution < 1.29 is 4.42 Å².